The normalized spacial score (nSPS) is 27.5. The summed E-state index contributed by atoms with van der Waals surface area (Å²) in [6.45, 7) is 11.3. The standard InChI is InChI=1S/C14H29N3O2/c1-10(2)15-13(14(18)19-6)9-17-7-11(3)16(5)12(4)8-17/h10-13,15H,7-9H2,1-6H3. The molecule has 0 radical (unpaired) electrons. The zero-order valence-electron chi connectivity index (χ0n) is 13.1. The van der Waals surface area contributed by atoms with E-state index >= 15 is 0 Å². The molecular formula is C14H29N3O2. The van der Waals surface area contributed by atoms with Crippen molar-refractivity contribution in [2.45, 2.75) is 51.9 Å². The lowest BCUT2D eigenvalue weighted by molar-refractivity contribution is -0.144. The van der Waals surface area contributed by atoms with E-state index in [1.54, 1.807) is 0 Å². The molecule has 1 rings (SSSR count). The number of carbonyl (C=O) groups excluding carboxylic acids is 1. The SMILES string of the molecule is COC(=O)C(CN1CC(C)N(C)C(C)C1)NC(C)C. The van der Waals surface area contributed by atoms with Crippen LogP contribution in [-0.2, 0) is 9.53 Å². The van der Waals surface area contributed by atoms with Crippen molar-refractivity contribution < 1.29 is 9.53 Å². The summed E-state index contributed by atoms with van der Waals surface area (Å²) in [7, 11) is 3.61. The second-order valence-corrected chi connectivity index (χ2v) is 5.98. The Labute approximate surface area is 117 Å². The van der Waals surface area contributed by atoms with Crippen molar-refractivity contribution in [3.63, 3.8) is 0 Å². The molecule has 0 spiro atoms. The lowest BCUT2D eigenvalue weighted by atomic mass is 10.1. The van der Waals surface area contributed by atoms with Gasteiger partial charge in [0.1, 0.15) is 6.04 Å². The van der Waals surface area contributed by atoms with Crippen LogP contribution in [0.4, 0.5) is 0 Å². The molecule has 1 aliphatic heterocycles. The Morgan fingerprint density at radius 3 is 2.26 bits per heavy atom. The molecule has 112 valence electrons. The van der Waals surface area contributed by atoms with Crippen molar-refractivity contribution >= 4 is 5.97 Å². The molecule has 1 aliphatic rings. The highest BCUT2D eigenvalue weighted by Crippen LogP contribution is 2.13. The first kappa shape index (κ1) is 16.4. The third-order valence-corrected chi connectivity index (χ3v) is 3.90. The van der Waals surface area contributed by atoms with Crippen molar-refractivity contribution in [1.29, 1.82) is 0 Å². The quantitative estimate of drug-likeness (QED) is 0.740. The van der Waals surface area contributed by atoms with Crippen LogP contribution < -0.4 is 5.32 Å². The van der Waals surface area contributed by atoms with Gasteiger partial charge in [0, 0.05) is 37.8 Å². The Kier molecular flexibility index (Phi) is 6.23. The van der Waals surface area contributed by atoms with Crippen LogP contribution in [0.25, 0.3) is 0 Å². The van der Waals surface area contributed by atoms with Gasteiger partial charge >= 0.3 is 5.97 Å². The molecule has 19 heavy (non-hydrogen) atoms. The van der Waals surface area contributed by atoms with E-state index in [0.717, 1.165) is 13.1 Å². The number of carbonyl (C=O) groups is 1. The van der Waals surface area contributed by atoms with E-state index in [2.05, 4.69) is 36.0 Å². The second kappa shape index (κ2) is 7.22. The fraction of sp³-hybridized carbons (Fsp3) is 0.929. The smallest absolute Gasteiger partial charge is 0.324 e. The van der Waals surface area contributed by atoms with E-state index in [9.17, 15) is 4.79 Å². The maximum absolute atomic E-state index is 11.8. The molecule has 5 heteroatoms. The highest BCUT2D eigenvalue weighted by molar-refractivity contribution is 5.76. The Balaban J connectivity index is 2.61. The largest absolute Gasteiger partial charge is 0.468 e. The van der Waals surface area contributed by atoms with Crippen LogP contribution in [0.5, 0.6) is 0 Å². The zero-order chi connectivity index (χ0) is 14.6. The summed E-state index contributed by atoms with van der Waals surface area (Å²) >= 11 is 0. The number of methoxy groups -OCH3 is 1. The molecule has 1 saturated heterocycles. The fourth-order valence-electron chi connectivity index (χ4n) is 2.66. The molecule has 0 aliphatic carbocycles. The van der Waals surface area contributed by atoms with Crippen LogP contribution in [0.15, 0.2) is 0 Å². The third kappa shape index (κ3) is 4.75. The summed E-state index contributed by atoms with van der Waals surface area (Å²) in [5, 5.41) is 3.29. The predicted molar refractivity (Wildman–Crippen MR) is 77.2 cm³/mol. The fourth-order valence-corrected chi connectivity index (χ4v) is 2.66. The van der Waals surface area contributed by atoms with Gasteiger partial charge in [0.15, 0.2) is 0 Å². The number of hydrogen-bond acceptors (Lipinski definition) is 5. The van der Waals surface area contributed by atoms with Crippen molar-refractivity contribution in [3.05, 3.63) is 0 Å². The van der Waals surface area contributed by atoms with Crippen LogP contribution in [0.2, 0.25) is 0 Å². The average Bonchev–Trinajstić information content (AvgIpc) is 2.33. The number of esters is 1. The third-order valence-electron chi connectivity index (χ3n) is 3.90. The van der Waals surface area contributed by atoms with E-state index < -0.39 is 0 Å². The lowest BCUT2D eigenvalue weighted by Gasteiger charge is -2.43. The number of likely N-dealkylation sites (N-methyl/N-ethyl adjacent to an activating group) is 1. The number of piperazine rings is 1. The number of ether oxygens (including phenoxy) is 1. The summed E-state index contributed by atoms with van der Waals surface area (Å²) in [4.78, 5) is 16.6. The van der Waals surface area contributed by atoms with Crippen LogP contribution in [0, 0.1) is 0 Å². The minimum Gasteiger partial charge on any atom is -0.468 e. The van der Waals surface area contributed by atoms with E-state index in [4.69, 9.17) is 4.74 Å². The van der Waals surface area contributed by atoms with E-state index in [1.165, 1.54) is 7.11 Å². The van der Waals surface area contributed by atoms with Gasteiger partial charge in [-0.25, -0.2) is 0 Å². The van der Waals surface area contributed by atoms with Crippen LogP contribution in [-0.4, -0.2) is 73.7 Å². The number of rotatable bonds is 5. The molecule has 0 saturated carbocycles. The van der Waals surface area contributed by atoms with Crippen molar-refractivity contribution in [2.75, 3.05) is 33.8 Å². The van der Waals surface area contributed by atoms with E-state index in [0.29, 0.717) is 18.6 Å². The second-order valence-electron chi connectivity index (χ2n) is 5.98. The molecule has 1 N–H and O–H groups in total. The lowest BCUT2D eigenvalue weighted by Crippen LogP contribution is -2.58. The Morgan fingerprint density at radius 2 is 1.84 bits per heavy atom. The van der Waals surface area contributed by atoms with Gasteiger partial charge in [0.2, 0.25) is 0 Å². The van der Waals surface area contributed by atoms with Gasteiger partial charge in [0.25, 0.3) is 0 Å². The molecular weight excluding hydrogens is 242 g/mol. The summed E-state index contributed by atoms with van der Waals surface area (Å²) in [5.41, 5.74) is 0. The van der Waals surface area contributed by atoms with Gasteiger partial charge in [-0.15, -0.1) is 0 Å². The van der Waals surface area contributed by atoms with Crippen molar-refractivity contribution in [1.82, 2.24) is 15.1 Å². The minimum atomic E-state index is -0.243. The average molecular weight is 271 g/mol. The van der Waals surface area contributed by atoms with Gasteiger partial charge in [-0.2, -0.15) is 0 Å². The molecule has 0 aromatic rings. The van der Waals surface area contributed by atoms with Gasteiger partial charge in [-0.3, -0.25) is 14.6 Å². The van der Waals surface area contributed by atoms with Crippen LogP contribution in [0.1, 0.15) is 27.7 Å². The minimum absolute atomic E-state index is 0.173. The Morgan fingerprint density at radius 1 is 1.32 bits per heavy atom. The van der Waals surface area contributed by atoms with Crippen molar-refractivity contribution in [2.24, 2.45) is 0 Å². The molecule has 1 heterocycles. The van der Waals surface area contributed by atoms with Crippen LogP contribution >= 0.6 is 0 Å². The Hall–Kier alpha value is -0.650. The van der Waals surface area contributed by atoms with Crippen LogP contribution in [0.3, 0.4) is 0 Å². The highest BCUT2D eigenvalue weighted by atomic mass is 16.5. The van der Waals surface area contributed by atoms with Crippen molar-refractivity contribution in [3.8, 4) is 0 Å². The zero-order valence-corrected chi connectivity index (χ0v) is 13.1. The molecule has 0 amide bonds. The molecule has 0 aromatic carbocycles. The summed E-state index contributed by atoms with van der Waals surface area (Å²) in [6.07, 6.45) is 0. The number of nitrogens with zero attached hydrogens (tertiary/aromatic N) is 2. The first-order valence-electron chi connectivity index (χ1n) is 7.13. The van der Waals surface area contributed by atoms with E-state index in [1.807, 2.05) is 13.8 Å². The molecule has 0 bridgehead atoms. The first-order valence-corrected chi connectivity index (χ1v) is 7.13. The van der Waals surface area contributed by atoms with Gasteiger partial charge < -0.3 is 10.1 Å². The predicted octanol–water partition coefficient (Wildman–Crippen LogP) is 0.550. The monoisotopic (exact) mass is 271 g/mol. The maximum atomic E-state index is 11.8. The molecule has 1 fully saturated rings. The molecule has 0 aromatic heterocycles. The molecule has 5 nitrogen and oxygen atoms in total. The Bertz CT molecular complexity index is 284. The van der Waals surface area contributed by atoms with E-state index in [-0.39, 0.29) is 18.1 Å². The molecule has 3 atom stereocenters. The summed E-state index contributed by atoms with van der Waals surface area (Å²) < 4.78 is 4.89. The summed E-state index contributed by atoms with van der Waals surface area (Å²) in [5.74, 6) is -0.173. The van der Waals surface area contributed by atoms with Gasteiger partial charge in [-0.05, 0) is 20.9 Å². The van der Waals surface area contributed by atoms with Gasteiger partial charge in [-0.1, -0.05) is 13.8 Å². The summed E-state index contributed by atoms with van der Waals surface area (Å²) in [6, 6.07) is 1.06. The number of hydrogen-bond donors (Lipinski definition) is 1. The molecule has 3 unspecified atom stereocenters. The number of nitrogens with one attached hydrogen (secondary N) is 1. The maximum Gasteiger partial charge on any atom is 0.324 e. The van der Waals surface area contributed by atoms with Gasteiger partial charge in [0.05, 0.1) is 7.11 Å². The first-order chi connectivity index (χ1) is 8.85. The highest BCUT2D eigenvalue weighted by Gasteiger charge is 2.30. The topological polar surface area (TPSA) is 44.8 Å².